The number of hydrogen-bond donors (Lipinski definition) is 0. The molecular formula is C8H13NO4. The van der Waals surface area contributed by atoms with E-state index < -0.39 is 0 Å². The fourth-order valence-corrected chi connectivity index (χ4v) is 1.00. The molecule has 0 aromatic heterocycles. The van der Waals surface area contributed by atoms with Crippen molar-refractivity contribution in [3.8, 4) is 0 Å². The van der Waals surface area contributed by atoms with Gasteiger partial charge in [0.1, 0.15) is 13.2 Å². The van der Waals surface area contributed by atoms with Crippen LogP contribution in [0.25, 0.3) is 0 Å². The van der Waals surface area contributed by atoms with Crippen molar-refractivity contribution in [2.24, 2.45) is 0 Å². The summed E-state index contributed by atoms with van der Waals surface area (Å²) in [4.78, 5) is 23.1. The minimum atomic E-state index is -0.326. The third kappa shape index (κ3) is 2.93. The van der Waals surface area contributed by atoms with E-state index in [0.29, 0.717) is 26.1 Å². The van der Waals surface area contributed by atoms with Gasteiger partial charge >= 0.3 is 12.1 Å². The van der Waals surface area contributed by atoms with Crippen LogP contribution in [-0.4, -0.2) is 43.3 Å². The van der Waals surface area contributed by atoms with Crippen molar-refractivity contribution >= 4 is 12.1 Å². The smallest absolute Gasteiger partial charge is 0.410 e. The van der Waals surface area contributed by atoms with E-state index in [4.69, 9.17) is 9.47 Å². The van der Waals surface area contributed by atoms with Crippen molar-refractivity contribution in [3.05, 3.63) is 0 Å². The van der Waals surface area contributed by atoms with Gasteiger partial charge in [0.05, 0.1) is 13.1 Å². The molecule has 5 heteroatoms. The maximum atomic E-state index is 10.9. The lowest BCUT2D eigenvalue weighted by atomic mass is 10.5. The van der Waals surface area contributed by atoms with E-state index in [1.807, 2.05) is 0 Å². The van der Waals surface area contributed by atoms with Crippen molar-refractivity contribution in [1.29, 1.82) is 0 Å². The first-order chi connectivity index (χ1) is 6.24. The van der Waals surface area contributed by atoms with Crippen LogP contribution in [0.4, 0.5) is 4.79 Å². The lowest BCUT2D eigenvalue weighted by Crippen LogP contribution is -2.28. The highest BCUT2D eigenvalue weighted by Crippen LogP contribution is 2.01. The highest BCUT2D eigenvalue weighted by atomic mass is 16.6. The zero-order valence-corrected chi connectivity index (χ0v) is 7.62. The van der Waals surface area contributed by atoms with E-state index in [-0.39, 0.29) is 18.7 Å². The molecule has 1 aliphatic rings. The molecule has 0 radical (unpaired) electrons. The van der Waals surface area contributed by atoms with Gasteiger partial charge in [-0.25, -0.2) is 4.79 Å². The first kappa shape index (κ1) is 9.83. The Morgan fingerprint density at radius 3 is 3.00 bits per heavy atom. The molecule has 74 valence electrons. The first-order valence-corrected chi connectivity index (χ1v) is 4.31. The van der Waals surface area contributed by atoms with Crippen LogP contribution in [0.1, 0.15) is 13.3 Å². The lowest BCUT2D eigenvalue weighted by molar-refractivity contribution is -0.143. The van der Waals surface area contributed by atoms with Gasteiger partial charge in [-0.3, -0.25) is 4.79 Å². The summed E-state index contributed by atoms with van der Waals surface area (Å²) in [5, 5.41) is 0. The summed E-state index contributed by atoms with van der Waals surface area (Å²) in [5.41, 5.74) is 0. The SMILES string of the molecule is CCC(=O)OCCN1CCOC1=O. The van der Waals surface area contributed by atoms with Gasteiger partial charge in [0.15, 0.2) is 0 Å². The monoisotopic (exact) mass is 187 g/mol. The molecular weight excluding hydrogens is 174 g/mol. The standard InChI is InChI=1S/C8H13NO4/c1-2-7(10)12-5-3-9-4-6-13-8(9)11/h2-6H2,1H3. The molecule has 0 unspecified atom stereocenters. The van der Waals surface area contributed by atoms with Gasteiger partial charge in [0.25, 0.3) is 0 Å². The number of hydrogen-bond acceptors (Lipinski definition) is 4. The number of nitrogens with zero attached hydrogens (tertiary/aromatic N) is 1. The number of cyclic esters (lactones) is 1. The van der Waals surface area contributed by atoms with Crippen molar-refractivity contribution in [1.82, 2.24) is 4.90 Å². The van der Waals surface area contributed by atoms with E-state index in [9.17, 15) is 9.59 Å². The Balaban J connectivity index is 2.12. The minimum Gasteiger partial charge on any atom is -0.464 e. The molecule has 0 aliphatic carbocycles. The molecule has 1 amide bonds. The van der Waals surface area contributed by atoms with Gasteiger partial charge in [-0.2, -0.15) is 0 Å². The molecule has 0 atom stereocenters. The molecule has 1 fully saturated rings. The zero-order valence-electron chi connectivity index (χ0n) is 7.62. The summed E-state index contributed by atoms with van der Waals surface area (Å²) < 4.78 is 9.51. The van der Waals surface area contributed by atoms with Gasteiger partial charge in [0.2, 0.25) is 0 Å². The van der Waals surface area contributed by atoms with Crippen molar-refractivity contribution in [2.45, 2.75) is 13.3 Å². The average molecular weight is 187 g/mol. The number of rotatable bonds is 4. The van der Waals surface area contributed by atoms with Crippen LogP contribution in [0.5, 0.6) is 0 Å². The van der Waals surface area contributed by atoms with Crippen molar-refractivity contribution in [2.75, 3.05) is 26.3 Å². The molecule has 0 N–H and O–H groups in total. The first-order valence-electron chi connectivity index (χ1n) is 4.31. The molecule has 0 aromatic rings. The van der Waals surface area contributed by atoms with E-state index in [1.54, 1.807) is 6.92 Å². The van der Waals surface area contributed by atoms with Crippen LogP contribution in [0, 0.1) is 0 Å². The predicted octanol–water partition coefficient (Wildman–Crippen LogP) is 0.392. The van der Waals surface area contributed by atoms with E-state index in [1.165, 1.54) is 4.90 Å². The number of esters is 1. The Morgan fingerprint density at radius 1 is 1.69 bits per heavy atom. The molecule has 0 spiro atoms. The third-order valence-corrected chi connectivity index (χ3v) is 1.76. The van der Waals surface area contributed by atoms with E-state index in [0.717, 1.165) is 0 Å². The topological polar surface area (TPSA) is 55.8 Å². The number of carbonyl (C=O) groups is 2. The number of amides is 1. The molecule has 1 heterocycles. The molecule has 5 nitrogen and oxygen atoms in total. The van der Waals surface area contributed by atoms with Gasteiger partial charge in [0, 0.05) is 6.42 Å². The molecule has 0 aromatic carbocycles. The number of carbonyl (C=O) groups excluding carboxylic acids is 2. The Labute approximate surface area is 76.6 Å². The fraction of sp³-hybridized carbons (Fsp3) is 0.750. The predicted molar refractivity (Wildman–Crippen MR) is 44.2 cm³/mol. The van der Waals surface area contributed by atoms with Crippen molar-refractivity contribution < 1.29 is 19.1 Å². The van der Waals surface area contributed by atoms with Crippen LogP contribution >= 0.6 is 0 Å². The Hall–Kier alpha value is -1.26. The summed E-state index contributed by atoms with van der Waals surface area (Å²) in [7, 11) is 0. The zero-order chi connectivity index (χ0) is 9.68. The average Bonchev–Trinajstić information content (AvgIpc) is 2.52. The maximum Gasteiger partial charge on any atom is 0.410 e. The summed E-state index contributed by atoms with van der Waals surface area (Å²) in [5.74, 6) is -0.243. The lowest BCUT2D eigenvalue weighted by Gasteiger charge is -2.11. The third-order valence-electron chi connectivity index (χ3n) is 1.76. The van der Waals surface area contributed by atoms with E-state index in [2.05, 4.69) is 0 Å². The molecule has 0 saturated carbocycles. The van der Waals surface area contributed by atoms with E-state index >= 15 is 0 Å². The summed E-state index contributed by atoms with van der Waals surface area (Å²) in [6.45, 7) is 3.42. The van der Waals surface area contributed by atoms with Gasteiger partial charge in [-0.15, -0.1) is 0 Å². The Kier molecular flexibility index (Phi) is 3.54. The van der Waals surface area contributed by atoms with Gasteiger partial charge in [-0.1, -0.05) is 6.92 Å². The van der Waals surface area contributed by atoms with Crippen LogP contribution < -0.4 is 0 Å². The molecule has 1 aliphatic heterocycles. The van der Waals surface area contributed by atoms with Crippen LogP contribution in [-0.2, 0) is 14.3 Å². The van der Waals surface area contributed by atoms with Crippen LogP contribution in [0.3, 0.4) is 0 Å². The second-order valence-corrected chi connectivity index (χ2v) is 2.68. The Morgan fingerprint density at radius 2 is 2.46 bits per heavy atom. The summed E-state index contributed by atoms with van der Waals surface area (Å²) >= 11 is 0. The number of ether oxygens (including phenoxy) is 2. The second-order valence-electron chi connectivity index (χ2n) is 2.68. The quantitative estimate of drug-likeness (QED) is 0.597. The molecule has 1 saturated heterocycles. The molecule has 13 heavy (non-hydrogen) atoms. The largest absolute Gasteiger partial charge is 0.464 e. The minimum absolute atomic E-state index is 0.243. The fourth-order valence-electron chi connectivity index (χ4n) is 1.00. The van der Waals surface area contributed by atoms with Crippen molar-refractivity contribution in [3.63, 3.8) is 0 Å². The van der Waals surface area contributed by atoms with Gasteiger partial charge < -0.3 is 14.4 Å². The van der Waals surface area contributed by atoms with Crippen LogP contribution in [0.2, 0.25) is 0 Å². The molecule has 1 rings (SSSR count). The second kappa shape index (κ2) is 4.69. The normalized spacial score (nSPS) is 15.8. The Bertz CT molecular complexity index is 204. The summed E-state index contributed by atoms with van der Waals surface area (Å²) in [6, 6.07) is 0. The highest BCUT2D eigenvalue weighted by Gasteiger charge is 2.21. The maximum absolute atomic E-state index is 10.9. The van der Waals surface area contributed by atoms with Gasteiger partial charge in [-0.05, 0) is 0 Å². The molecule has 0 bridgehead atoms. The summed E-state index contributed by atoms with van der Waals surface area (Å²) in [6.07, 6.45) is 0.0392. The highest BCUT2D eigenvalue weighted by molar-refractivity contribution is 5.70. The van der Waals surface area contributed by atoms with Crippen LogP contribution in [0.15, 0.2) is 0 Å².